The van der Waals surface area contributed by atoms with Gasteiger partial charge in [-0.3, -0.25) is 9.69 Å². The van der Waals surface area contributed by atoms with Crippen LogP contribution in [0, 0.1) is 6.92 Å². The molecular formula is C16H19N3O3. The van der Waals surface area contributed by atoms with E-state index in [0.29, 0.717) is 31.1 Å². The standard InChI is InChI=1S/C16H19N3O3/c1-11-5-2-3-6-12(11)9-14-17-15(22-18-14)10-19-8-4-7-13(19)16(20)21/h2-3,5-6,13H,4,7-10H2,1H3,(H,20,21)/t13-/m0/s1. The number of carboxylic acid groups (broad SMARTS) is 1. The van der Waals surface area contributed by atoms with E-state index in [1.54, 1.807) is 0 Å². The predicted molar refractivity (Wildman–Crippen MR) is 79.4 cm³/mol. The first-order chi connectivity index (χ1) is 10.6. The van der Waals surface area contributed by atoms with Crippen LogP contribution < -0.4 is 0 Å². The number of rotatable bonds is 5. The fraction of sp³-hybridized carbons (Fsp3) is 0.438. The molecule has 0 radical (unpaired) electrons. The van der Waals surface area contributed by atoms with Crippen molar-refractivity contribution < 1.29 is 14.4 Å². The van der Waals surface area contributed by atoms with E-state index >= 15 is 0 Å². The average molecular weight is 301 g/mol. The molecule has 22 heavy (non-hydrogen) atoms. The first kappa shape index (κ1) is 14.7. The summed E-state index contributed by atoms with van der Waals surface area (Å²) in [6, 6.07) is 7.65. The maximum atomic E-state index is 11.2. The van der Waals surface area contributed by atoms with Crippen LogP contribution in [0.5, 0.6) is 0 Å². The van der Waals surface area contributed by atoms with Gasteiger partial charge in [0.2, 0.25) is 5.89 Å². The van der Waals surface area contributed by atoms with Crippen molar-refractivity contribution in [3.05, 3.63) is 47.1 Å². The van der Waals surface area contributed by atoms with Crippen molar-refractivity contribution in [2.24, 2.45) is 0 Å². The molecule has 1 atom stereocenters. The number of aliphatic carboxylic acids is 1. The van der Waals surface area contributed by atoms with E-state index in [1.807, 2.05) is 23.1 Å². The topological polar surface area (TPSA) is 79.5 Å². The monoisotopic (exact) mass is 301 g/mol. The lowest BCUT2D eigenvalue weighted by molar-refractivity contribution is -0.142. The summed E-state index contributed by atoms with van der Waals surface area (Å²) in [6.45, 7) is 3.21. The second-order valence-corrected chi connectivity index (χ2v) is 5.67. The molecule has 6 heteroatoms. The highest BCUT2D eigenvalue weighted by Gasteiger charge is 2.31. The summed E-state index contributed by atoms with van der Waals surface area (Å²) >= 11 is 0. The number of aryl methyl sites for hydroxylation is 1. The lowest BCUT2D eigenvalue weighted by Crippen LogP contribution is -2.35. The summed E-state index contributed by atoms with van der Waals surface area (Å²) in [5.41, 5.74) is 2.36. The number of aromatic nitrogens is 2. The largest absolute Gasteiger partial charge is 0.480 e. The molecule has 1 fully saturated rings. The Morgan fingerprint density at radius 3 is 3.05 bits per heavy atom. The summed E-state index contributed by atoms with van der Waals surface area (Å²) in [6.07, 6.45) is 2.19. The fourth-order valence-corrected chi connectivity index (χ4v) is 2.87. The minimum absolute atomic E-state index is 0.401. The van der Waals surface area contributed by atoms with Crippen molar-refractivity contribution in [2.45, 2.75) is 38.8 Å². The average Bonchev–Trinajstić information content (AvgIpc) is 3.11. The number of hydrogen-bond donors (Lipinski definition) is 1. The van der Waals surface area contributed by atoms with Gasteiger partial charge in [0.1, 0.15) is 6.04 Å². The van der Waals surface area contributed by atoms with Gasteiger partial charge in [0.15, 0.2) is 5.82 Å². The Kier molecular flexibility index (Phi) is 4.20. The number of nitrogens with zero attached hydrogens (tertiary/aromatic N) is 3. The van der Waals surface area contributed by atoms with Crippen LogP contribution in [0.15, 0.2) is 28.8 Å². The smallest absolute Gasteiger partial charge is 0.320 e. The lowest BCUT2D eigenvalue weighted by atomic mass is 10.1. The Morgan fingerprint density at radius 2 is 2.27 bits per heavy atom. The highest BCUT2D eigenvalue weighted by molar-refractivity contribution is 5.73. The molecule has 6 nitrogen and oxygen atoms in total. The van der Waals surface area contributed by atoms with Crippen molar-refractivity contribution >= 4 is 5.97 Å². The van der Waals surface area contributed by atoms with E-state index in [2.05, 4.69) is 23.1 Å². The maximum absolute atomic E-state index is 11.2. The first-order valence-electron chi connectivity index (χ1n) is 7.46. The summed E-state index contributed by atoms with van der Waals surface area (Å²) in [7, 11) is 0. The number of carboxylic acids is 1. The number of likely N-dealkylation sites (tertiary alicyclic amines) is 1. The summed E-state index contributed by atoms with van der Waals surface area (Å²) in [5, 5.41) is 13.2. The lowest BCUT2D eigenvalue weighted by Gasteiger charge is -2.18. The van der Waals surface area contributed by atoms with E-state index in [9.17, 15) is 9.90 Å². The molecule has 1 saturated heterocycles. The van der Waals surface area contributed by atoms with E-state index in [-0.39, 0.29) is 0 Å². The molecule has 0 amide bonds. The van der Waals surface area contributed by atoms with Gasteiger partial charge >= 0.3 is 5.97 Å². The summed E-state index contributed by atoms with van der Waals surface area (Å²) in [5.74, 6) is 0.337. The van der Waals surface area contributed by atoms with Crippen molar-refractivity contribution in [1.29, 1.82) is 0 Å². The Labute approximate surface area is 128 Å². The van der Waals surface area contributed by atoms with E-state index in [4.69, 9.17) is 4.52 Å². The molecule has 1 aromatic carbocycles. The summed E-state index contributed by atoms with van der Waals surface area (Å²) in [4.78, 5) is 17.5. The van der Waals surface area contributed by atoms with Crippen LogP contribution in [-0.4, -0.2) is 38.7 Å². The molecule has 0 bridgehead atoms. The molecule has 1 aliphatic heterocycles. The van der Waals surface area contributed by atoms with Crippen LogP contribution in [0.2, 0.25) is 0 Å². The van der Waals surface area contributed by atoms with Crippen LogP contribution in [0.4, 0.5) is 0 Å². The van der Waals surface area contributed by atoms with Gasteiger partial charge in [-0.2, -0.15) is 4.98 Å². The molecule has 2 aromatic rings. The molecule has 2 heterocycles. The Bertz CT molecular complexity index is 668. The van der Waals surface area contributed by atoms with Crippen LogP contribution in [0.3, 0.4) is 0 Å². The second-order valence-electron chi connectivity index (χ2n) is 5.67. The maximum Gasteiger partial charge on any atom is 0.320 e. The fourth-order valence-electron chi connectivity index (χ4n) is 2.87. The molecular weight excluding hydrogens is 282 g/mol. The van der Waals surface area contributed by atoms with Crippen molar-refractivity contribution in [2.75, 3.05) is 6.54 Å². The molecule has 0 aliphatic carbocycles. The molecule has 1 aliphatic rings. The van der Waals surface area contributed by atoms with Crippen LogP contribution in [0.1, 0.15) is 35.7 Å². The minimum atomic E-state index is -0.780. The Morgan fingerprint density at radius 1 is 1.45 bits per heavy atom. The molecule has 0 spiro atoms. The molecule has 116 valence electrons. The minimum Gasteiger partial charge on any atom is -0.480 e. The van der Waals surface area contributed by atoms with Gasteiger partial charge in [-0.15, -0.1) is 0 Å². The van der Waals surface area contributed by atoms with Gasteiger partial charge in [-0.05, 0) is 37.4 Å². The predicted octanol–water partition coefficient (Wildman–Crippen LogP) is 2.02. The molecule has 0 unspecified atom stereocenters. The third-order valence-electron chi connectivity index (χ3n) is 4.11. The molecule has 3 rings (SSSR count). The van der Waals surface area contributed by atoms with Crippen molar-refractivity contribution in [3.8, 4) is 0 Å². The summed E-state index contributed by atoms with van der Waals surface area (Å²) < 4.78 is 5.27. The van der Waals surface area contributed by atoms with Gasteiger partial charge in [0, 0.05) is 6.42 Å². The van der Waals surface area contributed by atoms with Crippen molar-refractivity contribution in [1.82, 2.24) is 15.0 Å². The van der Waals surface area contributed by atoms with Crippen LogP contribution in [-0.2, 0) is 17.8 Å². The highest BCUT2D eigenvalue weighted by atomic mass is 16.5. The first-order valence-corrected chi connectivity index (χ1v) is 7.46. The molecule has 1 N–H and O–H groups in total. The second kappa shape index (κ2) is 6.27. The van der Waals surface area contributed by atoms with Crippen molar-refractivity contribution in [3.63, 3.8) is 0 Å². The number of carbonyl (C=O) groups is 1. The van der Waals surface area contributed by atoms with E-state index in [1.165, 1.54) is 11.1 Å². The van der Waals surface area contributed by atoms with Gasteiger partial charge in [-0.1, -0.05) is 29.4 Å². The zero-order valence-electron chi connectivity index (χ0n) is 12.5. The zero-order valence-corrected chi connectivity index (χ0v) is 12.5. The van der Waals surface area contributed by atoms with Gasteiger partial charge < -0.3 is 9.63 Å². The van der Waals surface area contributed by atoms with Crippen LogP contribution >= 0.6 is 0 Å². The molecule has 1 aromatic heterocycles. The normalized spacial score (nSPS) is 18.7. The third kappa shape index (κ3) is 3.17. The third-order valence-corrected chi connectivity index (χ3v) is 4.11. The highest BCUT2D eigenvalue weighted by Crippen LogP contribution is 2.20. The van der Waals surface area contributed by atoms with Gasteiger partial charge in [0.25, 0.3) is 0 Å². The Balaban J connectivity index is 1.67. The SMILES string of the molecule is Cc1ccccc1Cc1noc(CN2CCC[C@H]2C(=O)O)n1. The van der Waals surface area contributed by atoms with Gasteiger partial charge in [0.05, 0.1) is 6.54 Å². The Hall–Kier alpha value is -2.21. The van der Waals surface area contributed by atoms with E-state index in [0.717, 1.165) is 13.0 Å². The number of benzene rings is 1. The zero-order chi connectivity index (χ0) is 15.5. The quantitative estimate of drug-likeness (QED) is 0.910. The van der Waals surface area contributed by atoms with Crippen LogP contribution in [0.25, 0.3) is 0 Å². The van der Waals surface area contributed by atoms with E-state index < -0.39 is 12.0 Å². The molecule has 0 saturated carbocycles. The number of hydrogen-bond acceptors (Lipinski definition) is 5. The van der Waals surface area contributed by atoms with Gasteiger partial charge in [-0.25, -0.2) is 0 Å².